The number of fused-ring (bicyclic) bond motifs is 4. The van der Waals surface area contributed by atoms with Gasteiger partial charge in [0.05, 0.1) is 24.3 Å². The van der Waals surface area contributed by atoms with E-state index in [0.717, 1.165) is 18.6 Å². The summed E-state index contributed by atoms with van der Waals surface area (Å²) in [6.45, 7) is 5.09. The van der Waals surface area contributed by atoms with E-state index >= 15 is 0 Å². The van der Waals surface area contributed by atoms with Crippen LogP contribution < -0.4 is 15.4 Å². The van der Waals surface area contributed by atoms with Gasteiger partial charge in [-0.1, -0.05) is 25.1 Å². The molecule has 1 aliphatic heterocycles. The molecule has 7 nitrogen and oxygen atoms in total. The zero-order chi connectivity index (χ0) is 32.6. The number of aliphatic hydroxyl groups excluding tert-OH is 1. The standard InChI is InChI=1S/C34H39F4N3O4/c1-3-9-41-10-4-5-11-45-29-16-24(15-28(35)19-29)17-30(40-32(43)25-12-22(2)13-26(18-25)33(41)44)31(42)21-39-20-23-7-6-8-27(14-23)34(36,37)38/h6-8,12-16,18-19,30-31,39,42H,3-5,9-11,17,20-21H2,1-2H3,(H,40,43)/t30-,31+/m0/s1. The van der Waals surface area contributed by atoms with Gasteiger partial charge in [-0.05, 0) is 85.7 Å². The van der Waals surface area contributed by atoms with E-state index in [4.69, 9.17) is 4.74 Å². The lowest BCUT2D eigenvalue weighted by Gasteiger charge is -2.25. The first-order valence-electron chi connectivity index (χ1n) is 15.1. The van der Waals surface area contributed by atoms with E-state index in [1.54, 1.807) is 30.0 Å². The first-order chi connectivity index (χ1) is 21.4. The van der Waals surface area contributed by atoms with Crippen molar-refractivity contribution in [3.8, 4) is 5.75 Å². The smallest absolute Gasteiger partial charge is 0.416 e. The van der Waals surface area contributed by atoms with Crippen molar-refractivity contribution in [1.29, 1.82) is 0 Å². The van der Waals surface area contributed by atoms with Crippen molar-refractivity contribution in [2.45, 2.75) is 64.4 Å². The van der Waals surface area contributed by atoms with Crippen molar-refractivity contribution < 1.29 is 37.0 Å². The number of halogens is 4. The van der Waals surface area contributed by atoms with Gasteiger partial charge in [0, 0.05) is 43.4 Å². The van der Waals surface area contributed by atoms with E-state index in [0.29, 0.717) is 60.5 Å². The number of nitrogens with one attached hydrogen (secondary N) is 2. The number of rotatable bonds is 7. The largest absolute Gasteiger partial charge is 0.493 e. The Kier molecular flexibility index (Phi) is 11.6. The Labute approximate surface area is 260 Å². The summed E-state index contributed by atoms with van der Waals surface area (Å²) in [4.78, 5) is 28.8. The van der Waals surface area contributed by atoms with Crippen molar-refractivity contribution in [2.75, 3.05) is 26.2 Å². The van der Waals surface area contributed by atoms with E-state index in [2.05, 4.69) is 10.6 Å². The number of amides is 2. The van der Waals surface area contributed by atoms with E-state index < -0.39 is 35.6 Å². The first-order valence-corrected chi connectivity index (χ1v) is 15.1. The van der Waals surface area contributed by atoms with Crippen molar-refractivity contribution >= 4 is 11.8 Å². The van der Waals surface area contributed by atoms with Gasteiger partial charge >= 0.3 is 6.18 Å². The third-order valence-electron chi connectivity index (χ3n) is 7.56. The van der Waals surface area contributed by atoms with Gasteiger partial charge in [0.2, 0.25) is 0 Å². The fraction of sp³-hybridized carbons (Fsp3) is 0.412. The second kappa shape index (κ2) is 15.4. The number of alkyl halides is 3. The summed E-state index contributed by atoms with van der Waals surface area (Å²) >= 11 is 0. The molecule has 3 aromatic rings. The number of carbonyl (C=O) groups is 2. The molecule has 0 unspecified atom stereocenters. The molecule has 0 saturated heterocycles. The van der Waals surface area contributed by atoms with Gasteiger partial charge in [0.1, 0.15) is 11.6 Å². The Balaban J connectivity index is 1.60. The molecule has 0 aromatic heterocycles. The molecule has 0 radical (unpaired) electrons. The normalized spacial score (nSPS) is 17.3. The fourth-order valence-electron chi connectivity index (χ4n) is 5.37. The minimum Gasteiger partial charge on any atom is -0.493 e. The highest BCUT2D eigenvalue weighted by molar-refractivity contribution is 6.00. The predicted octanol–water partition coefficient (Wildman–Crippen LogP) is 5.67. The summed E-state index contributed by atoms with van der Waals surface area (Å²) in [5.74, 6) is -0.955. The van der Waals surface area contributed by atoms with Crippen LogP contribution in [0.15, 0.2) is 60.7 Å². The van der Waals surface area contributed by atoms with Crippen LogP contribution in [0.2, 0.25) is 0 Å². The van der Waals surface area contributed by atoms with Gasteiger partial charge in [-0.25, -0.2) is 4.39 Å². The number of nitrogens with zero attached hydrogens (tertiary/aromatic N) is 1. The lowest BCUT2D eigenvalue weighted by atomic mass is 9.99. The maximum Gasteiger partial charge on any atom is 0.416 e. The van der Waals surface area contributed by atoms with Crippen molar-refractivity contribution in [1.82, 2.24) is 15.5 Å². The minimum atomic E-state index is -4.48. The van der Waals surface area contributed by atoms with Gasteiger partial charge in [-0.2, -0.15) is 13.2 Å². The van der Waals surface area contributed by atoms with Crippen molar-refractivity contribution in [3.63, 3.8) is 0 Å². The molecule has 0 spiro atoms. The Bertz CT molecular complexity index is 1480. The van der Waals surface area contributed by atoms with Crippen LogP contribution in [-0.2, 0) is 19.1 Å². The third-order valence-corrected chi connectivity index (χ3v) is 7.56. The van der Waals surface area contributed by atoms with Gasteiger partial charge in [-0.15, -0.1) is 0 Å². The highest BCUT2D eigenvalue weighted by Gasteiger charge is 2.30. The van der Waals surface area contributed by atoms with E-state index in [-0.39, 0.29) is 31.0 Å². The number of ether oxygens (including phenoxy) is 1. The molecule has 1 heterocycles. The molecule has 2 atom stereocenters. The number of hydrogen-bond acceptors (Lipinski definition) is 5. The molecule has 242 valence electrons. The zero-order valence-corrected chi connectivity index (χ0v) is 25.4. The number of aryl methyl sites for hydroxylation is 1. The molecule has 0 fully saturated rings. The summed E-state index contributed by atoms with van der Waals surface area (Å²) in [5.41, 5.74) is 1.39. The van der Waals surface area contributed by atoms with Crippen LogP contribution in [0.5, 0.6) is 5.75 Å². The average molecular weight is 630 g/mol. The highest BCUT2D eigenvalue weighted by atomic mass is 19.4. The molecule has 45 heavy (non-hydrogen) atoms. The summed E-state index contributed by atoms with van der Waals surface area (Å²) in [5, 5.41) is 17.0. The maximum atomic E-state index is 14.6. The summed E-state index contributed by atoms with van der Waals surface area (Å²) in [7, 11) is 0. The number of carbonyl (C=O) groups excluding carboxylic acids is 2. The summed E-state index contributed by atoms with van der Waals surface area (Å²) < 4.78 is 59.8. The van der Waals surface area contributed by atoms with E-state index in [1.807, 2.05) is 6.92 Å². The van der Waals surface area contributed by atoms with Crippen LogP contribution in [0.25, 0.3) is 0 Å². The second-order valence-corrected chi connectivity index (χ2v) is 11.4. The zero-order valence-electron chi connectivity index (χ0n) is 25.4. The highest BCUT2D eigenvalue weighted by Crippen LogP contribution is 2.29. The molecule has 0 aliphatic carbocycles. The molecule has 11 heteroatoms. The number of hydrogen-bond donors (Lipinski definition) is 3. The number of aliphatic hydroxyl groups is 1. The maximum absolute atomic E-state index is 14.6. The molecule has 4 bridgehead atoms. The fourth-order valence-corrected chi connectivity index (χ4v) is 5.37. The van der Waals surface area contributed by atoms with Crippen molar-refractivity contribution in [3.05, 3.63) is 99.9 Å². The molecule has 0 saturated carbocycles. The molecule has 3 aromatic carbocycles. The first kappa shape index (κ1) is 33.9. The Morgan fingerprint density at radius 1 is 1.07 bits per heavy atom. The second-order valence-electron chi connectivity index (χ2n) is 11.4. The SMILES string of the molecule is CCCN1CCCCOc2cc(F)cc(c2)C[C@@H]([C@H](O)CNCc2cccc(C(F)(F)F)c2)NC(=O)c2cc(C)cc(c2)C1=O. The molecule has 1 aliphatic rings. The lowest BCUT2D eigenvalue weighted by Crippen LogP contribution is -2.48. The lowest BCUT2D eigenvalue weighted by molar-refractivity contribution is -0.137. The quantitative estimate of drug-likeness (QED) is 0.293. The van der Waals surface area contributed by atoms with Crippen molar-refractivity contribution in [2.24, 2.45) is 0 Å². The number of benzene rings is 3. The monoisotopic (exact) mass is 629 g/mol. The van der Waals surface area contributed by atoms with Gasteiger partial charge in [-0.3, -0.25) is 9.59 Å². The Hall–Kier alpha value is -3.96. The van der Waals surface area contributed by atoms with E-state index in [1.165, 1.54) is 30.3 Å². The topological polar surface area (TPSA) is 90.9 Å². The van der Waals surface area contributed by atoms with Crippen LogP contribution in [0.1, 0.15) is 69.2 Å². The molecular weight excluding hydrogens is 590 g/mol. The van der Waals surface area contributed by atoms with Gasteiger partial charge < -0.3 is 25.4 Å². The van der Waals surface area contributed by atoms with Gasteiger partial charge in [0.25, 0.3) is 11.8 Å². The summed E-state index contributed by atoms with van der Waals surface area (Å²) in [6, 6.07) is 13.1. The Morgan fingerprint density at radius 2 is 1.84 bits per heavy atom. The molecule has 4 rings (SSSR count). The van der Waals surface area contributed by atoms with Crippen LogP contribution in [0, 0.1) is 12.7 Å². The van der Waals surface area contributed by atoms with Crippen LogP contribution in [0.4, 0.5) is 17.6 Å². The van der Waals surface area contributed by atoms with Gasteiger partial charge in [0.15, 0.2) is 0 Å². The van der Waals surface area contributed by atoms with Crippen LogP contribution in [-0.4, -0.2) is 60.2 Å². The van der Waals surface area contributed by atoms with Crippen LogP contribution in [0.3, 0.4) is 0 Å². The Morgan fingerprint density at radius 3 is 2.60 bits per heavy atom. The summed E-state index contributed by atoms with van der Waals surface area (Å²) in [6.07, 6.45) is -3.58. The molecule has 2 amide bonds. The van der Waals surface area contributed by atoms with Crippen LogP contribution >= 0.6 is 0 Å². The van der Waals surface area contributed by atoms with E-state index in [9.17, 15) is 32.3 Å². The minimum absolute atomic E-state index is 0.0359. The third kappa shape index (κ3) is 9.76. The average Bonchev–Trinajstić information content (AvgIpc) is 2.98. The molecular formula is C34H39F4N3O4. The predicted molar refractivity (Wildman–Crippen MR) is 163 cm³/mol. The molecule has 3 N–H and O–H groups in total.